The highest BCUT2D eigenvalue weighted by atomic mass is 16.5. The molecule has 22 heavy (non-hydrogen) atoms. The Balaban J connectivity index is 1.66. The molecule has 0 spiro atoms. The molecular weight excluding hydrogens is 280 g/mol. The number of para-hydroxylation sites is 1. The van der Waals surface area contributed by atoms with E-state index < -0.39 is 0 Å². The predicted octanol–water partition coefficient (Wildman–Crippen LogP) is 2.20. The zero-order valence-electron chi connectivity index (χ0n) is 12.8. The van der Waals surface area contributed by atoms with Gasteiger partial charge in [-0.1, -0.05) is 23.4 Å². The Hall–Kier alpha value is -2.50. The van der Waals surface area contributed by atoms with E-state index in [2.05, 4.69) is 20.8 Å². The number of hydrogen-bond acceptors (Lipinski definition) is 4. The van der Waals surface area contributed by atoms with Crippen LogP contribution in [0.4, 0.5) is 0 Å². The fraction of sp³-hybridized carbons (Fsp3) is 0.375. The largest absolute Gasteiger partial charge is 0.494 e. The van der Waals surface area contributed by atoms with Gasteiger partial charge in [0.2, 0.25) is 0 Å². The third-order valence-corrected chi connectivity index (χ3v) is 2.86. The molecule has 0 amide bonds. The monoisotopic (exact) mass is 302 g/mol. The normalized spacial score (nSPS) is 11.2. The van der Waals surface area contributed by atoms with Crippen molar-refractivity contribution in [2.24, 2.45) is 4.99 Å². The number of ether oxygens (including phenoxy) is 1. The number of nitrogens with zero attached hydrogens (tertiary/aromatic N) is 2. The molecule has 2 N–H and O–H groups in total. The second-order valence-electron chi connectivity index (χ2n) is 4.63. The Morgan fingerprint density at radius 3 is 2.82 bits per heavy atom. The van der Waals surface area contributed by atoms with E-state index in [0.29, 0.717) is 13.2 Å². The lowest BCUT2D eigenvalue weighted by molar-refractivity contribution is 0.311. The maximum Gasteiger partial charge on any atom is 0.191 e. The van der Waals surface area contributed by atoms with Gasteiger partial charge in [-0.2, -0.15) is 0 Å². The molecule has 0 bridgehead atoms. The van der Waals surface area contributed by atoms with E-state index in [9.17, 15) is 0 Å². The van der Waals surface area contributed by atoms with Gasteiger partial charge in [-0.15, -0.1) is 0 Å². The van der Waals surface area contributed by atoms with Crippen molar-refractivity contribution in [3.05, 3.63) is 48.4 Å². The molecule has 1 heterocycles. The average Bonchev–Trinajstić information content (AvgIpc) is 3.06. The zero-order chi connectivity index (χ0) is 15.5. The van der Waals surface area contributed by atoms with Crippen LogP contribution in [0.25, 0.3) is 0 Å². The van der Waals surface area contributed by atoms with Crippen molar-refractivity contribution in [2.45, 2.75) is 19.9 Å². The number of guanidine groups is 1. The Labute approximate surface area is 130 Å². The smallest absolute Gasteiger partial charge is 0.191 e. The Bertz CT molecular complexity index is 541. The predicted molar refractivity (Wildman–Crippen MR) is 85.9 cm³/mol. The molecule has 0 saturated heterocycles. The Morgan fingerprint density at radius 2 is 2.09 bits per heavy atom. The van der Waals surface area contributed by atoms with Gasteiger partial charge in [0.15, 0.2) is 5.96 Å². The second-order valence-corrected chi connectivity index (χ2v) is 4.63. The SMILES string of the molecule is CCNC(=NCc1ccon1)NCCCOc1ccccc1. The average molecular weight is 302 g/mol. The van der Waals surface area contributed by atoms with Gasteiger partial charge in [-0.25, -0.2) is 4.99 Å². The molecule has 1 aromatic heterocycles. The van der Waals surface area contributed by atoms with Gasteiger partial charge in [-0.05, 0) is 25.5 Å². The molecule has 0 aliphatic heterocycles. The molecule has 2 aromatic rings. The first kappa shape index (κ1) is 15.9. The minimum absolute atomic E-state index is 0.492. The van der Waals surface area contributed by atoms with Crippen LogP contribution in [0.3, 0.4) is 0 Å². The van der Waals surface area contributed by atoms with E-state index >= 15 is 0 Å². The standard InChI is InChI=1S/C16H22N4O2/c1-2-17-16(19-13-14-9-12-22-20-14)18-10-6-11-21-15-7-4-3-5-8-15/h3-5,7-9,12H,2,6,10-11,13H2,1H3,(H2,17,18,19). The van der Waals surface area contributed by atoms with E-state index in [0.717, 1.165) is 36.9 Å². The molecule has 1 aromatic carbocycles. The molecule has 0 unspecified atom stereocenters. The van der Waals surface area contributed by atoms with Crippen molar-refractivity contribution in [1.29, 1.82) is 0 Å². The van der Waals surface area contributed by atoms with Gasteiger partial charge < -0.3 is 19.9 Å². The third-order valence-electron chi connectivity index (χ3n) is 2.86. The summed E-state index contributed by atoms with van der Waals surface area (Å²) in [6.45, 7) is 4.79. The van der Waals surface area contributed by atoms with Crippen molar-refractivity contribution < 1.29 is 9.26 Å². The molecule has 6 nitrogen and oxygen atoms in total. The minimum Gasteiger partial charge on any atom is -0.494 e. The Morgan fingerprint density at radius 1 is 1.23 bits per heavy atom. The molecule has 2 rings (SSSR count). The summed E-state index contributed by atoms with van der Waals surface area (Å²) < 4.78 is 10.4. The number of nitrogens with one attached hydrogen (secondary N) is 2. The summed E-state index contributed by atoms with van der Waals surface area (Å²) in [7, 11) is 0. The molecule has 0 fully saturated rings. The summed E-state index contributed by atoms with van der Waals surface area (Å²) in [5.74, 6) is 1.67. The number of benzene rings is 1. The quantitative estimate of drug-likeness (QED) is 0.444. The van der Waals surface area contributed by atoms with Gasteiger partial charge in [0, 0.05) is 19.2 Å². The van der Waals surface area contributed by atoms with Gasteiger partial charge >= 0.3 is 0 Å². The van der Waals surface area contributed by atoms with Crippen LogP contribution in [0.5, 0.6) is 5.75 Å². The van der Waals surface area contributed by atoms with Crippen LogP contribution in [0, 0.1) is 0 Å². The first-order valence-corrected chi connectivity index (χ1v) is 7.47. The highest BCUT2D eigenvalue weighted by Crippen LogP contribution is 2.07. The minimum atomic E-state index is 0.492. The first-order chi connectivity index (χ1) is 10.9. The maximum atomic E-state index is 5.64. The van der Waals surface area contributed by atoms with E-state index in [1.807, 2.05) is 37.3 Å². The van der Waals surface area contributed by atoms with Crippen molar-refractivity contribution in [3.8, 4) is 5.75 Å². The van der Waals surface area contributed by atoms with Crippen LogP contribution in [0.15, 0.2) is 52.2 Å². The molecule has 0 saturated carbocycles. The van der Waals surface area contributed by atoms with Crippen molar-refractivity contribution in [3.63, 3.8) is 0 Å². The highest BCUT2D eigenvalue weighted by molar-refractivity contribution is 5.79. The molecule has 0 radical (unpaired) electrons. The maximum absolute atomic E-state index is 5.64. The zero-order valence-corrected chi connectivity index (χ0v) is 12.8. The van der Waals surface area contributed by atoms with Crippen LogP contribution in [0.1, 0.15) is 19.0 Å². The van der Waals surface area contributed by atoms with Crippen LogP contribution in [-0.2, 0) is 6.54 Å². The number of aliphatic imine (C=N–C) groups is 1. The molecule has 0 aliphatic carbocycles. The summed E-state index contributed by atoms with van der Waals surface area (Å²) in [5.41, 5.74) is 0.810. The Kier molecular flexibility index (Phi) is 6.81. The molecule has 118 valence electrons. The topological polar surface area (TPSA) is 71.7 Å². The lowest BCUT2D eigenvalue weighted by Gasteiger charge is -2.11. The summed E-state index contributed by atoms with van der Waals surface area (Å²) in [6, 6.07) is 11.6. The van der Waals surface area contributed by atoms with Gasteiger partial charge in [0.25, 0.3) is 0 Å². The summed E-state index contributed by atoms with van der Waals surface area (Å²) in [4.78, 5) is 4.44. The molecule has 6 heteroatoms. The molecule has 0 atom stereocenters. The number of rotatable bonds is 8. The van der Waals surface area contributed by atoms with E-state index in [-0.39, 0.29) is 0 Å². The van der Waals surface area contributed by atoms with Crippen molar-refractivity contribution in [2.75, 3.05) is 19.7 Å². The number of hydrogen-bond donors (Lipinski definition) is 2. The van der Waals surface area contributed by atoms with Gasteiger partial charge in [0.1, 0.15) is 17.7 Å². The third kappa shape index (κ3) is 5.87. The van der Waals surface area contributed by atoms with Crippen LogP contribution in [-0.4, -0.2) is 30.8 Å². The van der Waals surface area contributed by atoms with Crippen molar-refractivity contribution >= 4 is 5.96 Å². The summed E-state index contributed by atoms with van der Waals surface area (Å²) >= 11 is 0. The lowest BCUT2D eigenvalue weighted by Crippen LogP contribution is -2.38. The van der Waals surface area contributed by atoms with Crippen LogP contribution in [0.2, 0.25) is 0 Å². The fourth-order valence-electron chi connectivity index (χ4n) is 1.81. The molecular formula is C16H22N4O2. The number of aromatic nitrogens is 1. The molecule has 0 aliphatic rings. The fourth-order valence-corrected chi connectivity index (χ4v) is 1.81. The van der Waals surface area contributed by atoms with Crippen molar-refractivity contribution in [1.82, 2.24) is 15.8 Å². The first-order valence-electron chi connectivity index (χ1n) is 7.47. The second kappa shape index (κ2) is 9.44. The highest BCUT2D eigenvalue weighted by Gasteiger charge is 1.99. The van der Waals surface area contributed by atoms with E-state index in [1.54, 1.807) is 12.3 Å². The van der Waals surface area contributed by atoms with Gasteiger partial charge in [-0.3, -0.25) is 0 Å². The van der Waals surface area contributed by atoms with E-state index in [4.69, 9.17) is 9.26 Å². The lowest BCUT2D eigenvalue weighted by atomic mass is 10.3. The van der Waals surface area contributed by atoms with Crippen LogP contribution >= 0.6 is 0 Å². The van der Waals surface area contributed by atoms with E-state index in [1.165, 1.54) is 0 Å². The summed E-state index contributed by atoms with van der Waals surface area (Å²) in [6.07, 6.45) is 2.44. The summed E-state index contributed by atoms with van der Waals surface area (Å²) in [5, 5.41) is 10.3. The van der Waals surface area contributed by atoms with Gasteiger partial charge in [0.05, 0.1) is 13.2 Å². The van der Waals surface area contributed by atoms with Crippen LogP contribution < -0.4 is 15.4 Å².